The fourth-order valence-electron chi connectivity index (χ4n) is 1.47. The highest BCUT2D eigenvalue weighted by Gasteiger charge is 2.22. The average molecular weight is 407 g/mol. The number of benzene rings is 1. The molecule has 1 aromatic carbocycles. The van der Waals surface area contributed by atoms with Crippen LogP contribution >= 0.6 is 22.6 Å². The third-order valence-electron chi connectivity index (χ3n) is 2.58. The van der Waals surface area contributed by atoms with Gasteiger partial charge in [0.2, 0.25) is 0 Å². The summed E-state index contributed by atoms with van der Waals surface area (Å²) >= 11 is 1.91. The van der Waals surface area contributed by atoms with Gasteiger partial charge < -0.3 is 19.5 Å². The minimum absolute atomic E-state index is 0.0578. The van der Waals surface area contributed by atoms with Crippen molar-refractivity contribution in [3.8, 4) is 5.75 Å². The molecule has 1 amide bonds. The molecule has 0 radical (unpaired) electrons. The topological polar surface area (TPSA) is 93.1 Å². The second-order valence-corrected chi connectivity index (χ2v) is 5.14. The molecule has 21 heavy (non-hydrogen) atoms. The fraction of sp³-hybridized carbons (Fsp3) is 0.308. The summed E-state index contributed by atoms with van der Waals surface area (Å²) in [5.41, 5.74) is 0.153. The number of methoxy groups -OCH3 is 2. The van der Waals surface area contributed by atoms with Crippen LogP contribution in [0.25, 0.3) is 0 Å². The Morgan fingerprint density at radius 1 is 1.14 bits per heavy atom. The number of aromatic hydroxyl groups is 1. The Labute approximate surface area is 135 Å². The van der Waals surface area contributed by atoms with Crippen LogP contribution in [-0.4, -0.2) is 55.2 Å². The number of nitrogens with zero attached hydrogens (tertiary/aromatic N) is 1. The molecule has 1 rings (SSSR count). The van der Waals surface area contributed by atoms with Gasteiger partial charge in [-0.25, -0.2) is 0 Å². The highest BCUT2D eigenvalue weighted by Crippen LogP contribution is 2.21. The lowest BCUT2D eigenvalue weighted by atomic mass is 10.2. The Kier molecular flexibility index (Phi) is 6.40. The van der Waals surface area contributed by atoms with Crippen LogP contribution in [0, 0.1) is 3.57 Å². The van der Waals surface area contributed by atoms with E-state index >= 15 is 0 Å². The van der Waals surface area contributed by atoms with E-state index in [9.17, 15) is 19.5 Å². The van der Waals surface area contributed by atoms with Crippen LogP contribution in [0.5, 0.6) is 5.75 Å². The third-order valence-corrected chi connectivity index (χ3v) is 3.49. The lowest BCUT2D eigenvalue weighted by molar-refractivity contribution is -0.144. The normalized spacial score (nSPS) is 9.86. The van der Waals surface area contributed by atoms with E-state index in [0.29, 0.717) is 3.57 Å². The number of carbonyl (C=O) groups excluding carboxylic acids is 3. The van der Waals surface area contributed by atoms with Crippen LogP contribution < -0.4 is 0 Å². The average Bonchev–Trinajstić information content (AvgIpc) is 2.48. The van der Waals surface area contributed by atoms with Gasteiger partial charge in [-0.05, 0) is 40.8 Å². The molecule has 0 heterocycles. The summed E-state index contributed by atoms with van der Waals surface area (Å²) in [7, 11) is 2.36. The second-order valence-electron chi connectivity index (χ2n) is 3.98. The van der Waals surface area contributed by atoms with E-state index in [1.807, 2.05) is 22.6 Å². The van der Waals surface area contributed by atoms with Gasteiger partial charge in [0.05, 0.1) is 17.8 Å². The number of esters is 2. The summed E-state index contributed by atoms with van der Waals surface area (Å²) in [4.78, 5) is 36.0. The van der Waals surface area contributed by atoms with E-state index in [-0.39, 0.29) is 11.3 Å². The van der Waals surface area contributed by atoms with Gasteiger partial charge in [0.1, 0.15) is 18.8 Å². The number of phenols is 1. The van der Waals surface area contributed by atoms with Crippen molar-refractivity contribution in [1.29, 1.82) is 0 Å². The van der Waals surface area contributed by atoms with Gasteiger partial charge in [0, 0.05) is 5.56 Å². The Bertz CT molecular complexity index is 542. The van der Waals surface area contributed by atoms with Crippen LogP contribution in [0.2, 0.25) is 0 Å². The third kappa shape index (κ3) is 4.88. The van der Waals surface area contributed by atoms with E-state index in [4.69, 9.17) is 0 Å². The van der Waals surface area contributed by atoms with Gasteiger partial charge in [-0.1, -0.05) is 0 Å². The van der Waals surface area contributed by atoms with Crippen LogP contribution in [0.1, 0.15) is 10.4 Å². The molecular formula is C13H14INO6. The van der Waals surface area contributed by atoms with Crippen LogP contribution in [0.4, 0.5) is 0 Å². The Hall–Kier alpha value is -1.84. The molecule has 0 bridgehead atoms. The lowest BCUT2D eigenvalue weighted by Gasteiger charge is -2.20. The SMILES string of the molecule is COC(=O)CN(CC(=O)OC)C(=O)c1ccc(I)c(O)c1. The maximum absolute atomic E-state index is 12.3. The van der Waals surface area contributed by atoms with Crippen molar-refractivity contribution in [2.75, 3.05) is 27.3 Å². The van der Waals surface area contributed by atoms with Crippen molar-refractivity contribution in [3.63, 3.8) is 0 Å². The summed E-state index contributed by atoms with van der Waals surface area (Å²) in [6, 6.07) is 4.31. The molecule has 1 N–H and O–H groups in total. The van der Waals surface area contributed by atoms with Crippen molar-refractivity contribution in [2.45, 2.75) is 0 Å². The highest BCUT2D eigenvalue weighted by molar-refractivity contribution is 14.1. The van der Waals surface area contributed by atoms with Crippen molar-refractivity contribution >= 4 is 40.4 Å². The smallest absolute Gasteiger partial charge is 0.325 e. The molecule has 1 aromatic rings. The maximum atomic E-state index is 12.3. The van der Waals surface area contributed by atoms with Crippen molar-refractivity contribution in [1.82, 2.24) is 4.90 Å². The van der Waals surface area contributed by atoms with E-state index in [0.717, 1.165) is 4.90 Å². The molecule has 0 saturated heterocycles. The first-order valence-electron chi connectivity index (χ1n) is 5.80. The number of amides is 1. The number of phenolic OH excluding ortho intramolecular Hbond substituents is 1. The molecule has 0 aliphatic rings. The summed E-state index contributed by atoms with van der Waals surface area (Å²) in [6.45, 7) is -0.783. The first-order chi connectivity index (χ1) is 9.88. The number of halogens is 1. The van der Waals surface area contributed by atoms with Gasteiger partial charge in [0.15, 0.2) is 0 Å². The van der Waals surface area contributed by atoms with Gasteiger partial charge in [-0.2, -0.15) is 0 Å². The standard InChI is InChI=1S/C13H14INO6/c1-20-11(17)6-15(7-12(18)21-2)13(19)8-3-4-9(14)10(16)5-8/h3-5,16H,6-7H2,1-2H3. The summed E-state index contributed by atoms with van der Waals surface area (Å²) in [5.74, 6) is -1.97. The van der Waals surface area contributed by atoms with Crippen molar-refractivity contribution < 1.29 is 29.0 Å². The molecule has 114 valence electrons. The van der Waals surface area contributed by atoms with Crippen LogP contribution in [-0.2, 0) is 19.1 Å². The molecule has 0 aromatic heterocycles. The van der Waals surface area contributed by atoms with E-state index in [2.05, 4.69) is 9.47 Å². The number of rotatable bonds is 5. The zero-order valence-electron chi connectivity index (χ0n) is 11.5. The fourth-order valence-corrected chi connectivity index (χ4v) is 1.80. The molecule has 0 aliphatic heterocycles. The quantitative estimate of drug-likeness (QED) is 0.573. The van der Waals surface area contributed by atoms with Crippen molar-refractivity contribution in [2.24, 2.45) is 0 Å². The van der Waals surface area contributed by atoms with Gasteiger partial charge in [-0.15, -0.1) is 0 Å². The minimum Gasteiger partial charge on any atom is -0.507 e. The maximum Gasteiger partial charge on any atom is 0.325 e. The molecule has 8 heteroatoms. The van der Waals surface area contributed by atoms with E-state index in [1.165, 1.54) is 26.4 Å². The van der Waals surface area contributed by atoms with Gasteiger partial charge in [0.25, 0.3) is 5.91 Å². The number of carbonyl (C=O) groups is 3. The van der Waals surface area contributed by atoms with Gasteiger partial charge in [-0.3, -0.25) is 14.4 Å². The summed E-state index contributed by atoms with van der Waals surface area (Å²) in [5, 5.41) is 9.63. The zero-order valence-corrected chi connectivity index (χ0v) is 13.6. The first-order valence-corrected chi connectivity index (χ1v) is 6.88. The molecule has 0 aliphatic carbocycles. The summed E-state index contributed by atoms with van der Waals surface area (Å²) in [6.07, 6.45) is 0. The second kappa shape index (κ2) is 7.81. The number of ether oxygens (including phenoxy) is 2. The molecule has 0 unspecified atom stereocenters. The Morgan fingerprint density at radius 3 is 2.10 bits per heavy atom. The zero-order chi connectivity index (χ0) is 16.0. The minimum atomic E-state index is -0.665. The predicted molar refractivity (Wildman–Crippen MR) is 80.8 cm³/mol. The molecule has 0 saturated carbocycles. The highest BCUT2D eigenvalue weighted by atomic mass is 127. The lowest BCUT2D eigenvalue weighted by Crippen LogP contribution is -2.40. The summed E-state index contributed by atoms with van der Waals surface area (Å²) < 4.78 is 9.56. The number of hydrogen-bond donors (Lipinski definition) is 1. The molecule has 0 atom stereocenters. The van der Waals surface area contributed by atoms with Crippen LogP contribution in [0.15, 0.2) is 18.2 Å². The monoisotopic (exact) mass is 407 g/mol. The van der Waals surface area contributed by atoms with Crippen LogP contribution in [0.3, 0.4) is 0 Å². The molecule has 0 spiro atoms. The Balaban J connectivity index is 2.99. The predicted octanol–water partition coefficient (Wildman–Crippen LogP) is 0.785. The molecular weight excluding hydrogens is 393 g/mol. The van der Waals surface area contributed by atoms with E-state index in [1.54, 1.807) is 6.07 Å². The molecule has 7 nitrogen and oxygen atoms in total. The molecule has 0 fully saturated rings. The Morgan fingerprint density at radius 2 is 1.67 bits per heavy atom. The van der Waals surface area contributed by atoms with E-state index < -0.39 is 30.9 Å². The first kappa shape index (κ1) is 17.2. The van der Waals surface area contributed by atoms with Gasteiger partial charge >= 0.3 is 11.9 Å². The number of hydrogen-bond acceptors (Lipinski definition) is 6. The van der Waals surface area contributed by atoms with Crippen molar-refractivity contribution in [3.05, 3.63) is 27.3 Å². The largest absolute Gasteiger partial charge is 0.507 e.